The number of benzene rings is 1. The first-order valence-corrected chi connectivity index (χ1v) is 9.74. The van der Waals surface area contributed by atoms with E-state index < -0.39 is 0 Å². The van der Waals surface area contributed by atoms with Crippen LogP contribution < -0.4 is 14.8 Å². The number of nitrogens with one attached hydrogen (secondary N) is 2. The molecule has 1 aromatic carbocycles. The fourth-order valence-electron chi connectivity index (χ4n) is 3.02. The predicted octanol–water partition coefficient (Wildman–Crippen LogP) is 2.96. The summed E-state index contributed by atoms with van der Waals surface area (Å²) in [5, 5.41) is 3.19. The molecule has 0 aliphatic carbocycles. The normalized spacial score (nSPS) is 16.1. The number of aromatic nitrogens is 3. The molecule has 152 valence electrons. The van der Waals surface area contributed by atoms with Crippen molar-refractivity contribution in [3.05, 3.63) is 35.4 Å². The third kappa shape index (κ3) is 4.78. The number of rotatable bonds is 7. The van der Waals surface area contributed by atoms with Crippen LogP contribution in [0.15, 0.2) is 30.3 Å². The lowest BCUT2D eigenvalue weighted by Gasteiger charge is -2.08. The second-order valence-electron chi connectivity index (χ2n) is 6.69. The van der Waals surface area contributed by atoms with Gasteiger partial charge >= 0.3 is 0 Å². The number of imidazole rings is 1. The van der Waals surface area contributed by atoms with E-state index in [0.29, 0.717) is 60.0 Å². The molecule has 8 nitrogen and oxygen atoms in total. The first-order valence-electron chi connectivity index (χ1n) is 9.37. The minimum Gasteiger partial charge on any atom is -0.492 e. The Morgan fingerprint density at radius 3 is 2.90 bits per heavy atom. The van der Waals surface area contributed by atoms with Gasteiger partial charge in [-0.15, -0.1) is 0 Å². The maximum absolute atomic E-state index is 10.9. The van der Waals surface area contributed by atoms with Gasteiger partial charge in [0.05, 0.1) is 36.0 Å². The Bertz CT molecular complexity index is 1000. The van der Waals surface area contributed by atoms with Crippen molar-refractivity contribution in [3.8, 4) is 23.0 Å². The molecule has 1 aliphatic heterocycles. The second-order valence-corrected chi connectivity index (χ2v) is 7.10. The topological polar surface area (TPSA) is 98.4 Å². The lowest BCUT2D eigenvalue weighted by Crippen LogP contribution is -2.25. The van der Waals surface area contributed by atoms with E-state index in [9.17, 15) is 4.79 Å². The van der Waals surface area contributed by atoms with Gasteiger partial charge in [-0.05, 0) is 30.3 Å². The smallest absolute Gasteiger partial charge is 0.296 e. The van der Waals surface area contributed by atoms with Gasteiger partial charge in [0.25, 0.3) is 6.01 Å². The average molecular weight is 417 g/mol. The molecule has 1 atom stereocenters. The molecule has 1 saturated heterocycles. The molecular formula is C20H21ClN4O4. The van der Waals surface area contributed by atoms with Crippen molar-refractivity contribution < 1.29 is 19.0 Å². The highest BCUT2D eigenvalue weighted by Gasteiger charge is 2.19. The zero-order chi connectivity index (χ0) is 20.2. The molecule has 0 saturated carbocycles. The Labute approximate surface area is 172 Å². The minimum atomic E-state index is -0.0800. The van der Waals surface area contributed by atoms with Gasteiger partial charge in [0.15, 0.2) is 5.65 Å². The van der Waals surface area contributed by atoms with Crippen LogP contribution >= 0.6 is 11.6 Å². The lowest BCUT2D eigenvalue weighted by molar-refractivity contribution is -0.119. The molecule has 0 bridgehead atoms. The Hall–Kier alpha value is -2.84. The molecule has 9 heteroatoms. The number of hydrogen-bond acceptors (Lipinski definition) is 6. The monoisotopic (exact) mass is 416 g/mol. The van der Waals surface area contributed by atoms with Crippen molar-refractivity contribution in [3.63, 3.8) is 0 Å². The van der Waals surface area contributed by atoms with Gasteiger partial charge in [-0.2, -0.15) is 4.98 Å². The van der Waals surface area contributed by atoms with Gasteiger partial charge in [-0.3, -0.25) is 4.79 Å². The van der Waals surface area contributed by atoms with Gasteiger partial charge in [0, 0.05) is 18.9 Å². The number of amides is 1. The van der Waals surface area contributed by atoms with E-state index in [-0.39, 0.29) is 12.0 Å². The van der Waals surface area contributed by atoms with Gasteiger partial charge in [0.1, 0.15) is 18.5 Å². The highest BCUT2D eigenvalue weighted by Crippen LogP contribution is 2.30. The highest BCUT2D eigenvalue weighted by molar-refractivity contribution is 6.33. The van der Waals surface area contributed by atoms with Crippen LogP contribution in [-0.2, 0) is 9.53 Å². The molecule has 2 N–H and O–H groups in total. The molecule has 1 amide bonds. The number of hydrogen-bond donors (Lipinski definition) is 2. The first-order chi connectivity index (χ1) is 14.1. The van der Waals surface area contributed by atoms with Crippen LogP contribution in [0.5, 0.6) is 11.8 Å². The number of H-pyrrole nitrogens is 1. The summed E-state index contributed by atoms with van der Waals surface area (Å²) in [6.45, 7) is 3.59. The third-order valence-corrected chi connectivity index (χ3v) is 4.73. The number of aromatic amines is 1. The molecule has 29 heavy (non-hydrogen) atoms. The van der Waals surface area contributed by atoms with Crippen molar-refractivity contribution >= 4 is 28.7 Å². The molecule has 0 unspecified atom stereocenters. The standard InChI is InChI=1S/C20H21ClN4O4/c1-12(26)22-7-9-28-14-4-2-13(3-5-14)18-16(21)10-17-19(24-18)25-20(23-17)29-15-6-8-27-11-15/h2-5,10,15H,6-9,11H2,1H3,(H,22,26)(H,23,24,25)/t15-/m0/s1. The van der Waals surface area contributed by atoms with E-state index in [2.05, 4.69) is 20.3 Å². The molecule has 1 fully saturated rings. The zero-order valence-electron chi connectivity index (χ0n) is 15.9. The molecule has 0 spiro atoms. The molecule has 3 heterocycles. The summed E-state index contributed by atoms with van der Waals surface area (Å²) in [6.07, 6.45) is 0.846. The summed E-state index contributed by atoms with van der Waals surface area (Å²) in [7, 11) is 0. The predicted molar refractivity (Wildman–Crippen MR) is 108 cm³/mol. The van der Waals surface area contributed by atoms with Crippen LogP contribution in [0.4, 0.5) is 0 Å². The van der Waals surface area contributed by atoms with E-state index in [1.54, 1.807) is 6.07 Å². The van der Waals surface area contributed by atoms with Crippen molar-refractivity contribution in [2.24, 2.45) is 0 Å². The number of halogens is 1. The van der Waals surface area contributed by atoms with E-state index >= 15 is 0 Å². The van der Waals surface area contributed by atoms with E-state index in [4.69, 9.17) is 25.8 Å². The maximum atomic E-state index is 10.9. The highest BCUT2D eigenvalue weighted by atomic mass is 35.5. The Kier molecular flexibility index (Phi) is 5.82. The van der Waals surface area contributed by atoms with E-state index in [1.165, 1.54) is 6.92 Å². The third-order valence-electron chi connectivity index (χ3n) is 4.44. The summed E-state index contributed by atoms with van der Waals surface area (Å²) in [6, 6.07) is 9.65. The number of nitrogens with zero attached hydrogens (tertiary/aromatic N) is 2. The number of pyridine rings is 1. The van der Waals surface area contributed by atoms with Crippen LogP contribution in [0.1, 0.15) is 13.3 Å². The quantitative estimate of drug-likeness (QED) is 0.574. The molecule has 4 rings (SSSR count). The van der Waals surface area contributed by atoms with Crippen molar-refractivity contribution in [1.82, 2.24) is 20.3 Å². The molecular weight excluding hydrogens is 396 g/mol. The largest absolute Gasteiger partial charge is 0.492 e. The summed E-state index contributed by atoms with van der Waals surface area (Å²) in [5.41, 5.74) is 2.73. The van der Waals surface area contributed by atoms with Crippen molar-refractivity contribution in [2.75, 3.05) is 26.4 Å². The van der Waals surface area contributed by atoms with Gasteiger partial charge < -0.3 is 24.5 Å². The fraction of sp³-hybridized carbons (Fsp3) is 0.350. The SMILES string of the molecule is CC(=O)NCCOc1ccc(-c2nc3nc(O[C@H]4CCOC4)[nH]c3cc2Cl)cc1. The Morgan fingerprint density at radius 2 is 2.17 bits per heavy atom. The summed E-state index contributed by atoms with van der Waals surface area (Å²) >= 11 is 6.45. The molecule has 0 radical (unpaired) electrons. The van der Waals surface area contributed by atoms with Crippen LogP contribution in [0, 0.1) is 0 Å². The Balaban J connectivity index is 1.47. The molecule has 1 aliphatic rings. The first kappa shape index (κ1) is 19.5. The second kappa shape index (κ2) is 8.67. The maximum Gasteiger partial charge on any atom is 0.296 e. The number of carbonyl (C=O) groups excluding carboxylic acids is 1. The lowest BCUT2D eigenvalue weighted by atomic mass is 10.1. The number of fused-ring (bicyclic) bond motifs is 1. The number of ether oxygens (including phenoxy) is 3. The summed E-state index contributed by atoms with van der Waals surface area (Å²) in [4.78, 5) is 23.0. The van der Waals surface area contributed by atoms with Gasteiger partial charge in [-0.25, -0.2) is 4.98 Å². The number of carbonyl (C=O) groups is 1. The van der Waals surface area contributed by atoms with Crippen LogP contribution in [0.3, 0.4) is 0 Å². The van der Waals surface area contributed by atoms with Gasteiger partial charge in [0.2, 0.25) is 5.91 Å². The van der Waals surface area contributed by atoms with E-state index in [0.717, 1.165) is 12.0 Å². The van der Waals surface area contributed by atoms with Crippen LogP contribution in [0.2, 0.25) is 5.02 Å². The summed E-state index contributed by atoms with van der Waals surface area (Å²) in [5.74, 6) is 0.620. The van der Waals surface area contributed by atoms with Gasteiger partial charge in [-0.1, -0.05) is 11.6 Å². The van der Waals surface area contributed by atoms with Crippen molar-refractivity contribution in [1.29, 1.82) is 0 Å². The van der Waals surface area contributed by atoms with E-state index in [1.807, 2.05) is 24.3 Å². The zero-order valence-corrected chi connectivity index (χ0v) is 16.7. The molecule has 2 aromatic heterocycles. The fourth-order valence-corrected chi connectivity index (χ4v) is 3.28. The van der Waals surface area contributed by atoms with Crippen molar-refractivity contribution in [2.45, 2.75) is 19.4 Å². The average Bonchev–Trinajstić information content (AvgIpc) is 3.34. The van der Waals surface area contributed by atoms with Crippen LogP contribution in [-0.4, -0.2) is 53.3 Å². The molecule has 3 aromatic rings. The minimum absolute atomic E-state index is 0.00342. The summed E-state index contributed by atoms with van der Waals surface area (Å²) < 4.78 is 16.7. The van der Waals surface area contributed by atoms with Crippen LogP contribution in [0.25, 0.3) is 22.4 Å². The Morgan fingerprint density at radius 1 is 1.34 bits per heavy atom.